The van der Waals surface area contributed by atoms with Crippen molar-refractivity contribution in [2.75, 3.05) is 19.8 Å². The third kappa shape index (κ3) is 2.21. The van der Waals surface area contributed by atoms with E-state index in [0.717, 1.165) is 26.2 Å². The van der Waals surface area contributed by atoms with Gasteiger partial charge in [0.1, 0.15) is 0 Å². The van der Waals surface area contributed by atoms with Crippen LogP contribution in [-0.4, -0.2) is 38.0 Å². The normalized spacial score (nSPS) is 38.8. The minimum absolute atomic E-state index is 0.372. The lowest BCUT2D eigenvalue weighted by atomic mass is 9.55. The average Bonchev–Trinajstić information content (AvgIpc) is 2.92. The lowest BCUT2D eigenvalue weighted by molar-refractivity contribution is -0.175. The molecule has 0 aromatic carbocycles. The maximum Gasteiger partial charge on any atom is 0.0834 e. The van der Waals surface area contributed by atoms with E-state index in [0.29, 0.717) is 23.7 Å². The molecular formula is C15H27NO2. The van der Waals surface area contributed by atoms with Gasteiger partial charge < -0.3 is 14.8 Å². The van der Waals surface area contributed by atoms with Crippen LogP contribution in [-0.2, 0) is 9.47 Å². The maximum atomic E-state index is 6.35. The molecule has 3 atom stereocenters. The molecule has 18 heavy (non-hydrogen) atoms. The Labute approximate surface area is 111 Å². The zero-order valence-corrected chi connectivity index (χ0v) is 11.6. The summed E-state index contributed by atoms with van der Waals surface area (Å²) in [6.07, 6.45) is 10.1. The van der Waals surface area contributed by atoms with Crippen molar-refractivity contribution in [2.24, 2.45) is 5.41 Å². The van der Waals surface area contributed by atoms with Gasteiger partial charge in [0.2, 0.25) is 0 Å². The van der Waals surface area contributed by atoms with Crippen LogP contribution in [0, 0.1) is 5.41 Å². The Morgan fingerprint density at radius 3 is 2.78 bits per heavy atom. The van der Waals surface area contributed by atoms with Crippen LogP contribution in [0.4, 0.5) is 0 Å². The first-order chi connectivity index (χ1) is 8.85. The van der Waals surface area contributed by atoms with Crippen LogP contribution < -0.4 is 5.32 Å². The second-order valence-corrected chi connectivity index (χ2v) is 6.25. The molecule has 1 aliphatic heterocycles. The Kier molecular flexibility index (Phi) is 3.92. The highest BCUT2D eigenvalue weighted by Gasteiger charge is 2.55. The Bertz CT molecular complexity index is 270. The third-order valence-corrected chi connectivity index (χ3v) is 5.26. The zero-order valence-electron chi connectivity index (χ0n) is 11.6. The quantitative estimate of drug-likeness (QED) is 0.835. The largest absolute Gasteiger partial charge is 0.379 e. The number of ether oxygens (including phenoxy) is 2. The third-order valence-electron chi connectivity index (χ3n) is 5.26. The first-order valence-electron chi connectivity index (χ1n) is 7.82. The van der Waals surface area contributed by atoms with Crippen molar-refractivity contribution in [1.29, 1.82) is 0 Å². The second kappa shape index (κ2) is 5.48. The van der Waals surface area contributed by atoms with Crippen molar-refractivity contribution >= 4 is 0 Å². The van der Waals surface area contributed by atoms with Gasteiger partial charge in [-0.15, -0.1) is 0 Å². The van der Waals surface area contributed by atoms with Gasteiger partial charge >= 0.3 is 0 Å². The van der Waals surface area contributed by atoms with Crippen molar-refractivity contribution in [3.63, 3.8) is 0 Å². The predicted molar refractivity (Wildman–Crippen MR) is 71.7 cm³/mol. The molecule has 0 amide bonds. The van der Waals surface area contributed by atoms with E-state index < -0.39 is 0 Å². The molecule has 0 radical (unpaired) electrons. The summed E-state index contributed by atoms with van der Waals surface area (Å²) in [6, 6.07) is 0.704. The fourth-order valence-electron chi connectivity index (χ4n) is 4.20. The van der Waals surface area contributed by atoms with Crippen molar-refractivity contribution < 1.29 is 9.47 Å². The SMILES string of the molecule is CCNC1CC(OC2CCOC2)C12CCCCC2. The Hall–Kier alpha value is -0.120. The van der Waals surface area contributed by atoms with Crippen LogP contribution >= 0.6 is 0 Å². The summed E-state index contributed by atoms with van der Waals surface area (Å²) in [5.41, 5.74) is 0.455. The molecule has 3 unspecified atom stereocenters. The Morgan fingerprint density at radius 1 is 1.28 bits per heavy atom. The number of hydrogen-bond acceptors (Lipinski definition) is 3. The van der Waals surface area contributed by atoms with Gasteiger partial charge in [-0.3, -0.25) is 0 Å². The van der Waals surface area contributed by atoms with E-state index >= 15 is 0 Å². The van der Waals surface area contributed by atoms with E-state index in [2.05, 4.69) is 12.2 Å². The van der Waals surface area contributed by atoms with Gasteiger partial charge in [-0.25, -0.2) is 0 Å². The average molecular weight is 253 g/mol. The van der Waals surface area contributed by atoms with Crippen molar-refractivity contribution in [3.8, 4) is 0 Å². The molecule has 3 fully saturated rings. The molecule has 3 aliphatic rings. The fourth-order valence-corrected chi connectivity index (χ4v) is 4.20. The molecule has 0 bridgehead atoms. The molecule has 3 nitrogen and oxygen atoms in total. The highest BCUT2D eigenvalue weighted by atomic mass is 16.6. The molecule has 3 rings (SSSR count). The maximum absolute atomic E-state index is 6.35. The van der Waals surface area contributed by atoms with E-state index in [9.17, 15) is 0 Å². The molecule has 1 spiro atoms. The molecule has 104 valence electrons. The summed E-state index contributed by atoms with van der Waals surface area (Å²) in [6.45, 7) is 5.01. The van der Waals surface area contributed by atoms with Gasteiger partial charge in [0.15, 0.2) is 0 Å². The van der Waals surface area contributed by atoms with E-state index in [4.69, 9.17) is 9.47 Å². The molecule has 1 saturated heterocycles. The topological polar surface area (TPSA) is 30.5 Å². The standard InChI is InChI=1S/C15H27NO2/c1-2-16-13-10-14(18-12-6-9-17-11-12)15(13)7-4-3-5-8-15/h12-14,16H,2-11H2,1H3. The van der Waals surface area contributed by atoms with Crippen LogP contribution in [0.3, 0.4) is 0 Å². The molecule has 2 saturated carbocycles. The lowest BCUT2D eigenvalue weighted by Gasteiger charge is -2.58. The van der Waals surface area contributed by atoms with Gasteiger partial charge in [0.25, 0.3) is 0 Å². The molecule has 1 heterocycles. The molecule has 0 aromatic rings. The summed E-state index contributed by atoms with van der Waals surface area (Å²) < 4.78 is 11.8. The molecular weight excluding hydrogens is 226 g/mol. The first-order valence-corrected chi connectivity index (χ1v) is 7.82. The smallest absolute Gasteiger partial charge is 0.0834 e. The lowest BCUT2D eigenvalue weighted by Crippen LogP contribution is -2.65. The van der Waals surface area contributed by atoms with Gasteiger partial charge in [-0.05, 0) is 32.2 Å². The van der Waals surface area contributed by atoms with Crippen LogP contribution in [0.5, 0.6) is 0 Å². The highest BCUT2D eigenvalue weighted by molar-refractivity contribution is 5.09. The van der Waals surface area contributed by atoms with Crippen LogP contribution in [0.25, 0.3) is 0 Å². The summed E-state index contributed by atoms with van der Waals surface area (Å²) in [5.74, 6) is 0. The minimum atomic E-state index is 0.372. The van der Waals surface area contributed by atoms with Crippen LogP contribution in [0.15, 0.2) is 0 Å². The van der Waals surface area contributed by atoms with E-state index in [1.807, 2.05) is 0 Å². The van der Waals surface area contributed by atoms with E-state index in [1.165, 1.54) is 38.5 Å². The van der Waals surface area contributed by atoms with Crippen molar-refractivity contribution in [2.45, 2.75) is 70.1 Å². The highest BCUT2D eigenvalue weighted by Crippen LogP contribution is 2.53. The van der Waals surface area contributed by atoms with Gasteiger partial charge in [0, 0.05) is 18.1 Å². The Morgan fingerprint density at radius 2 is 2.11 bits per heavy atom. The predicted octanol–water partition coefficient (Wildman–Crippen LogP) is 2.49. The summed E-state index contributed by atoms with van der Waals surface area (Å²) in [4.78, 5) is 0. The minimum Gasteiger partial charge on any atom is -0.379 e. The van der Waals surface area contributed by atoms with Gasteiger partial charge in [-0.1, -0.05) is 26.2 Å². The second-order valence-electron chi connectivity index (χ2n) is 6.25. The molecule has 3 heteroatoms. The van der Waals surface area contributed by atoms with E-state index in [-0.39, 0.29) is 0 Å². The van der Waals surface area contributed by atoms with Gasteiger partial charge in [0.05, 0.1) is 18.8 Å². The monoisotopic (exact) mass is 253 g/mol. The Balaban J connectivity index is 1.62. The van der Waals surface area contributed by atoms with E-state index in [1.54, 1.807) is 0 Å². The van der Waals surface area contributed by atoms with Crippen LogP contribution in [0.2, 0.25) is 0 Å². The summed E-state index contributed by atoms with van der Waals surface area (Å²) >= 11 is 0. The zero-order chi connectivity index (χ0) is 12.4. The fraction of sp³-hybridized carbons (Fsp3) is 1.00. The van der Waals surface area contributed by atoms with Crippen LogP contribution in [0.1, 0.15) is 51.9 Å². The van der Waals surface area contributed by atoms with Crippen molar-refractivity contribution in [3.05, 3.63) is 0 Å². The number of nitrogens with one attached hydrogen (secondary N) is 1. The molecule has 0 aromatic heterocycles. The first kappa shape index (κ1) is 12.9. The summed E-state index contributed by atoms with van der Waals surface area (Å²) in [5, 5.41) is 3.69. The summed E-state index contributed by atoms with van der Waals surface area (Å²) in [7, 11) is 0. The number of rotatable bonds is 4. The van der Waals surface area contributed by atoms with Crippen molar-refractivity contribution in [1.82, 2.24) is 5.32 Å². The molecule has 1 N–H and O–H groups in total. The molecule has 2 aliphatic carbocycles. The number of hydrogen-bond donors (Lipinski definition) is 1. The van der Waals surface area contributed by atoms with Gasteiger partial charge in [-0.2, -0.15) is 0 Å².